The zero-order valence-corrected chi connectivity index (χ0v) is 38.0. The molecule has 1 aliphatic carbocycles. The first-order valence-corrected chi connectivity index (χ1v) is 22.7. The van der Waals surface area contributed by atoms with Crippen molar-refractivity contribution in [3.05, 3.63) is 47.6 Å². The average Bonchev–Trinajstić information content (AvgIpc) is 3.56. The van der Waals surface area contributed by atoms with E-state index in [4.69, 9.17) is 47.4 Å². The van der Waals surface area contributed by atoms with E-state index in [1.165, 1.54) is 0 Å². The van der Waals surface area contributed by atoms with Crippen LogP contribution in [0.5, 0.6) is 0 Å². The summed E-state index contributed by atoms with van der Waals surface area (Å²) in [5, 5.41) is 45.9. The Balaban J connectivity index is 1.19. The predicted octanol–water partition coefficient (Wildman–Crippen LogP) is 4.04. The van der Waals surface area contributed by atoms with E-state index in [0.29, 0.717) is 31.3 Å². The van der Waals surface area contributed by atoms with Gasteiger partial charge in [0, 0.05) is 57.7 Å². The molecule has 0 aromatic carbocycles. The molecule has 62 heavy (non-hydrogen) atoms. The second-order valence-corrected chi connectivity index (χ2v) is 19.3. The van der Waals surface area contributed by atoms with Gasteiger partial charge >= 0.3 is 5.97 Å². The summed E-state index contributed by atoms with van der Waals surface area (Å²) in [4.78, 5) is 14.4. The largest absolute Gasteiger partial charge is 0.462 e. The monoisotopic (exact) mass is 876 g/mol. The molecule has 15 heteroatoms. The summed E-state index contributed by atoms with van der Waals surface area (Å²) in [7, 11) is 3.20. The van der Waals surface area contributed by atoms with Crippen LogP contribution in [0.4, 0.5) is 0 Å². The molecule has 4 N–H and O–H groups in total. The summed E-state index contributed by atoms with van der Waals surface area (Å²) in [5.74, 6) is -4.04. The van der Waals surface area contributed by atoms with Crippen LogP contribution >= 0.6 is 0 Å². The third-order valence-electron chi connectivity index (χ3n) is 14.5. The molecule has 4 saturated heterocycles. The van der Waals surface area contributed by atoms with E-state index < -0.39 is 115 Å². The lowest BCUT2D eigenvalue weighted by molar-refractivity contribution is -0.318. The topological polar surface area (TPSA) is 190 Å². The van der Waals surface area contributed by atoms with Crippen molar-refractivity contribution < 1.29 is 72.6 Å². The van der Waals surface area contributed by atoms with Gasteiger partial charge in [0.25, 0.3) is 0 Å². The molecular formula is C47H72O15. The van der Waals surface area contributed by atoms with Gasteiger partial charge in [-0.1, -0.05) is 65.0 Å². The van der Waals surface area contributed by atoms with Gasteiger partial charge < -0.3 is 67.8 Å². The van der Waals surface area contributed by atoms with E-state index in [1.54, 1.807) is 40.2 Å². The minimum absolute atomic E-state index is 0.0537. The minimum atomic E-state index is -2.04. The lowest BCUT2D eigenvalue weighted by Crippen LogP contribution is -2.66. The molecule has 1 saturated carbocycles. The van der Waals surface area contributed by atoms with E-state index in [2.05, 4.69) is 32.9 Å². The number of allylic oxidation sites excluding steroid dienone is 2. The van der Waals surface area contributed by atoms with Crippen LogP contribution in [0.2, 0.25) is 0 Å². The first-order valence-electron chi connectivity index (χ1n) is 22.7. The quantitative estimate of drug-likeness (QED) is 0.212. The third-order valence-corrected chi connectivity index (χ3v) is 14.5. The SMILES string of the molecule is CO[C@H]1C[C@H](O[C@H]2[C@H](C)O[C@@H](O[C@@H]3/C(C)=C/C[C@@H]4C[C@@H](C[C@]5(C=C[C@H](C)[C@@H](C(C)C)O5)O4)OC(=O)[C@@H]4[C@@H](O)[C@H](C)[C@@H](O)[C@H]5OC/C(=C\C=C\[C@@H]3C)[C@]54O)C[C@@H]2OC)O[C@@H](C)[C@@H]1O. The van der Waals surface area contributed by atoms with Gasteiger partial charge in [0.1, 0.15) is 35.9 Å². The molecule has 5 fully saturated rings. The summed E-state index contributed by atoms with van der Waals surface area (Å²) in [6.45, 7) is 15.7. The number of aliphatic hydroxyl groups excluding tert-OH is 3. The second kappa shape index (κ2) is 19.4. The highest BCUT2D eigenvalue weighted by molar-refractivity contribution is 5.77. The number of hydrogen-bond donors (Lipinski definition) is 4. The van der Waals surface area contributed by atoms with Gasteiger partial charge in [-0.3, -0.25) is 4.79 Å². The zero-order chi connectivity index (χ0) is 44.8. The number of aliphatic hydroxyl groups is 4. The Kier molecular flexibility index (Phi) is 15.0. The molecule has 6 aliphatic heterocycles. The molecular weight excluding hydrogens is 805 g/mol. The van der Waals surface area contributed by atoms with Crippen molar-refractivity contribution in [1.82, 2.24) is 0 Å². The smallest absolute Gasteiger partial charge is 0.315 e. The number of rotatable bonds is 7. The fourth-order valence-corrected chi connectivity index (χ4v) is 10.8. The van der Waals surface area contributed by atoms with Crippen LogP contribution in [0.1, 0.15) is 87.5 Å². The molecule has 0 unspecified atom stereocenters. The van der Waals surface area contributed by atoms with Gasteiger partial charge in [0.05, 0.1) is 61.5 Å². The molecule has 2 bridgehead atoms. The summed E-state index contributed by atoms with van der Waals surface area (Å²) in [5.41, 5.74) is -0.754. The maximum atomic E-state index is 14.4. The highest BCUT2D eigenvalue weighted by Crippen LogP contribution is 2.49. The fourth-order valence-electron chi connectivity index (χ4n) is 10.8. The van der Waals surface area contributed by atoms with Crippen LogP contribution in [-0.2, 0) is 52.2 Å². The van der Waals surface area contributed by atoms with E-state index in [9.17, 15) is 25.2 Å². The number of ether oxygens (including phenoxy) is 10. The number of carbonyl (C=O) groups excluding carboxylic acids is 1. The van der Waals surface area contributed by atoms with Gasteiger partial charge in [-0.2, -0.15) is 0 Å². The normalized spacial score (nSPS) is 51.2. The van der Waals surface area contributed by atoms with E-state index in [0.717, 1.165) is 5.57 Å². The van der Waals surface area contributed by atoms with E-state index >= 15 is 0 Å². The maximum Gasteiger partial charge on any atom is 0.315 e. The Morgan fingerprint density at radius 3 is 2.23 bits per heavy atom. The minimum Gasteiger partial charge on any atom is -0.462 e. The molecule has 6 heterocycles. The standard InChI is InChI=1S/C47H72O15/c1-23(2)41-26(5)16-17-46(62-41)21-32-18-31(61-46)15-14-25(4)42(59-36-20-34(54-10)43(29(8)57-36)60-35-19-33(53-9)40(50)28(7)56-35)24(3)12-11-13-30-22-55-44-39(49)27(6)38(48)37(45(51)58-32)47(30,44)52/h11-14,16-17,23-24,26-29,31-44,48-50,52H,15,18-22H2,1-10H3/b12-11+,25-14+,30-13+/t24-,26-,27-,28-,29-,31+,32-,33-,34-,35-,36-,37-,38-,39+,40-,41+,42-,43-,44+,46+,47+/m0/s1. The average molecular weight is 877 g/mol. The summed E-state index contributed by atoms with van der Waals surface area (Å²) in [6, 6.07) is 0. The first kappa shape index (κ1) is 47.9. The van der Waals surface area contributed by atoms with Gasteiger partial charge in [-0.25, -0.2) is 0 Å². The van der Waals surface area contributed by atoms with Crippen molar-refractivity contribution in [3.8, 4) is 0 Å². The lowest BCUT2D eigenvalue weighted by atomic mass is 9.64. The zero-order valence-electron chi connectivity index (χ0n) is 38.0. The number of hydrogen-bond acceptors (Lipinski definition) is 15. The Morgan fingerprint density at radius 2 is 1.52 bits per heavy atom. The van der Waals surface area contributed by atoms with Crippen molar-refractivity contribution in [2.24, 2.45) is 29.6 Å². The Hall–Kier alpha value is -2.09. The Labute approximate surface area is 366 Å². The molecule has 15 nitrogen and oxygen atoms in total. The third kappa shape index (κ3) is 9.45. The van der Waals surface area contributed by atoms with Crippen LogP contribution in [0.25, 0.3) is 0 Å². The highest BCUT2D eigenvalue weighted by atomic mass is 16.7. The molecule has 1 spiro atoms. The van der Waals surface area contributed by atoms with Crippen LogP contribution in [0.15, 0.2) is 47.6 Å². The number of methoxy groups -OCH3 is 2. The highest BCUT2D eigenvalue weighted by Gasteiger charge is 2.65. The van der Waals surface area contributed by atoms with Gasteiger partial charge in [-0.15, -0.1) is 0 Å². The fraction of sp³-hybridized carbons (Fsp3) is 0.809. The van der Waals surface area contributed by atoms with Crippen molar-refractivity contribution in [2.75, 3.05) is 20.8 Å². The number of fused-ring (bicyclic) bond motifs is 2. The van der Waals surface area contributed by atoms with Crippen molar-refractivity contribution in [1.29, 1.82) is 0 Å². The van der Waals surface area contributed by atoms with Gasteiger partial charge in [0.15, 0.2) is 18.4 Å². The van der Waals surface area contributed by atoms with Crippen LogP contribution < -0.4 is 0 Å². The Morgan fingerprint density at radius 1 is 0.823 bits per heavy atom. The van der Waals surface area contributed by atoms with E-state index in [1.807, 2.05) is 32.9 Å². The van der Waals surface area contributed by atoms with Crippen molar-refractivity contribution >= 4 is 5.97 Å². The summed E-state index contributed by atoms with van der Waals surface area (Å²) in [6.07, 6.45) is 3.46. The first-order chi connectivity index (χ1) is 29.4. The van der Waals surface area contributed by atoms with Crippen LogP contribution in [0.3, 0.4) is 0 Å². The molecule has 7 rings (SSSR count). The molecule has 0 aromatic rings. The second-order valence-electron chi connectivity index (χ2n) is 19.3. The van der Waals surface area contributed by atoms with E-state index in [-0.39, 0.29) is 36.9 Å². The lowest BCUT2D eigenvalue weighted by Gasteiger charge is -2.49. The number of esters is 1. The van der Waals surface area contributed by atoms with Gasteiger partial charge in [0.2, 0.25) is 0 Å². The predicted molar refractivity (Wildman–Crippen MR) is 224 cm³/mol. The van der Waals surface area contributed by atoms with Crippen molar-refractivity contribution in [3.63, 3.8) is 0 Å². The molecule has 350 valence electrons. The molecule has 21 atom stereocenters. The van der Waals surface area contributed by atoms with Crippen molar-refractivity contribution in [2.45, 2.75) is 191 Å². The number of carbonyl (C=O) groups is 1. The summed E-state index contributed by atoms with van der Waals surface area (Å²) < 4.78 is 63.3. The maximum absolute atomic E-state index is 14.4. The molecule has 7 aliphatic rings. The molecule has 0 aromatic heterocycles. The van der Waals surface area contributed by atoms with Crippen LogP contribution in [-0.4, -0.2) is 151 Å². The molecule has 0 amide bonds. The summed E-state index contributed by atoms with van der Waals surface area (Å²) >= 11 is 0. The molecule has 0 radical (unpaired) electrons. The van der Waals surface area contributed by atoms with Crippen LogP contribution in [0, 0.1) is 29.6 Å². The Bertz CT molecular complexity index is 1680. The van der Waals surface area contributed by atoms with Gasteiger partial charge in [-0.05, 0) is 50.3 Å².